The third-order valence-electron chi connectivity index (χ3n) is 2.48. The Hall–Kier alpha value is -2.30. The van der Waals surface area contributed by atoms with Crippen LogP contribution in [0, 0.1) is 5.95 Å². The Morgan fingerprint density at radius 1 is 1.33 bits per heavy atom. The van der Waals surface area contributed by atoms with Gasteiger partial charge in [0.2, 0.25) is 5.95 Å². The fraction of sp³-hybridized carbons (Fsp3) is 0.154. The molecule has 18 heavy (non-hydrogen) atoms. The summed E-state index contributed by atoms with van der Waals surface area (Å²) in [5, 5.41) is 2.73. The van der Waals surface area contributed by atoms with E-state index < -0.39 is 11.9 Å². The van der Waals surface area contributed by atoms with Crippen LogP contribution in [0.25, 0.3) is 0 Å². The van der Waals surface area contributed by atoms with Crippen LogP contribution in [0.2, 0.25) is 0 Å². The molecule has 2 aromatic heterocycles. The molecule has 0 aliphatic heterocycles. The number of hydrogen-bond acceptors (Lipinski definition) is 3. The number of aromatic nitrogens is 2. The van der Waals surface area contributed by atoms with E-state index in [2.05, 4.69) is 15.3 Å². The minimum Gasteiger partial charge on any atom is -0.344 e. The minimum absolute atomic E-state index is 0.0609. The number of nitrogens with one attached hydrogen (secondary N) is 1. The monoisotopic (exact) mass is 245 g/mol. The molecule has 4 nitrogen and oxygen atoms in total. The number of carbonyl (C=O) groups excluding carboxylic acids is 1. The summed E-state index contributed by atoms with van der Waals surface area (Å²) in [7, 11) is 0. The second-order valence-electron chi connectivity index (χ2n) is 3.83. The fourth-order valence-corrected chi connectivity index (χ4v) is 1.52. The highest BCUT2D eigenvalue weighted by molar-refractivity contribution is 5.92. The normalized spacial score (nSPS) is 11.9. The van der Waals surface area contributed by atoms with Crippen LogP contribution in [-0.4, -0.2) is 15.9 Å². The largest absolute Gasteiger partial charge is 0.344 e. The average Bonchev–Trinajstić information content (AvgIpc) is 2.39. The molecule has 92 valence electrons. The average molecular weight is 245 g/mol. The Bertz CT molecular complexity index is 545. The lowest BCUT2D eigenvalue weighted by molar-refractivity contribution is 0.0933. The van der Waals surface area contributed by atoms with Crippen molar-refractivity contribution in [3.63, 3.8) is 0 Å². The van der Waals surface area contributed by atoms with Gasteiger partial charge in [-0.1, -0.05) is 12.1 Å². The standard InChI is InChI=1S/C13H12FN3O/c1-9(10-4-3-7-15-8-10)16-13(18)11-5-2-6-12(14)17-11/h2-9H,1H3,(H,16,18). The summed E-state index contributed by atoms with van der Waals surface area (Å²) in [6, 6.07) is 7.55. The van der Waals surface area contributed by atoms with Gasteiger partial charge in [-0.05, 0) is 30.7 Å². The zero-order valence-electron chi connectivity index (χ0n) is 9.80. The second-order valence-corrected chi connectivity index (χ2v) is 3.83. The molecule has 0 fully saturated rings. The highest BCUT2D eigenvalue weighted by atomic mass is 19.1. The summed E-state index contributed by atoms with van der Waals surface area (Å²) in [6.45, 7) is 1.83. The Labute approximate surface area is 104 Å². The molecule has 1 unspecified atom stereocenters. The zero-order chi connectivity index (χ0) is 13.0. The number of rotatable bonds is 3. The number of halogens is 1. The maximum atomic E-state index is 12.9. The second kappa shape index (κ2) is 5.35. The quantitative estimate of drug-likeness (QED) is 0.842. The molecule has 0 aliphatic carbocycles. The highest BCUT2D eigenvalue weighted by Crippen LogP contribution is 2.10. The van der Waals surface area contributed by atoms with E-state index >= 15 is 0 Å². The van der Waals surface area contributed by atoms with Gasteiger partial charge in [-0.15, -0.1) is 0 Å². The highest BCUT2D eigenvalue weighted by Gasteiger charge is 2.12. The van der Waals surface area contributed by atoms with Crippen LogP contribution >= 0.6 is 0 Å². The number of nitrogens with zero attached hydrogens (tertiary/aromatic N) is 2. The molecule has 1 amide bonds. The van der Waals surface area contributed by atoms with Crippen LogP contribution in [0.4, 0.5) is 4.39 Å². The van der Waals surface area contributed by atoms with Crippen molar-refractivity contribution in [2.45, 2.75) is 13.0 Å². The van der Waals surface area contributed by atoms with Gasteiger partial charge in [0.15, 0.2) is 0 Å². The molecule has 0 radical (unpaired) electrons. The van der Waals surface area contributed by atoms with Crippen molar-refractivity contribution in [2.75, 3.05) is 0 Å². The summed E-state index contributed by atoms with van der Waals surface area (Å²) < 4.78 is 12.9. The first-order valence-electron chi connectivity index (χ1n) is 5.50. The van der Waals surface area contributed by atoms with E-state index in [9.17, 15) is 9.18 Å². The molecule has 2 heterocycles. The smallest absolute Gasteiger partial charge is 0.270 e. The van der Waals surface area contributed by atoms with Crippen LogP contribution in [0.5, 0.6) is 0 Å². The molecular formula is C13H12FN3O. The van der Waals surface area contributed by atoms with Gasteiger partial charge in [-0.2, -0.15) is 4.39 Å². The Morgan fingerprint density at radius 3 is 2.83 bits per heavy atom. The molecule has 1 atom stereocenters. The summed E-state index contributed by atoms with van der Waals surface area (Å²) in [6.07, 6.45) is 3.33. The minimum atomic E-state index is -0.670. The first-order valence-corrected chi connectivity index (χ1v) is 5.50. The Balaban J connectivity index is 2.08. The fourth-order valence-electron chi connectivity index (χ4n) is 1.52. The molecule has 0 saturated carbocycles. The first kappa shape index (κ1) is 12.2. The van der Waals surface area contributed by atoms with E-state index in [0.29, 0.717) is 0 Å². The van der Waals surface area contributed by atoms with Crippen LogP contribution in [-0.2, 0) is 0 Å². The van der Waals surface area contributed by atoms with E-state index in [-0.39, 0.29) is 11.7 Å². The third kappa shape index (κ3) is 2.88. The third-order valence-corrected chi connectivity index (χ3v) is 2.48. The van der Waals surface area contributed by atoms with Crippen molar-refractivity contribution in [3.05, 3.63) is 59.9 Å². The Morgan fingerprint density at radius 2 is 2.17 bits per heavy atom. The molecule has 0 aliphatic rings. The van der Waals surface area contributed by atoms with Crippen molar-refractivity contribution in [1.29, 1.82) is 0 Å². The van der Waals surface area contributed by atoms with Gasteiger partial charge < -0.3 is 5.32 Å². The lowest BCUT2D eigenvalue weighted by Crippen LogP contribution is -2.27. The molecule has 0 aromatic carbocycles. The molecule has 0 spiro atoms. The van der Waals surface area contributed by atoms with E-state index in [1.165, 1.54) is 18.2 Å². The number of amides is 1. The van der Waals surface area contributed by atoms with Crippen LogP contribution in [0.1, 0.15) is 29.0 Å². The van der Waals surface area contributed by atoms with Crippen molar-refractivity contribution < 1.29 is 9.18 Å². The zero-order valence-corrected chi connectivity index (χ0v) is 9.80. The van der Waals surface area contributed by atoms with E-state index in [4.69, 9.17) is 0 Å². The molecule has 2 rings (SSSR count). The summed E-state index contributed by atoms with van der Waals surface area (Å²) in [5.74, 6) is -1.08. The number of hydrogen-bond donors (Lipinski definition) is 1. The lowest BCUT2D eigenvalue weighted by Gasteiger charge is -2.13. The van der Waals surface area contributed by atoms with Crippen molar-refractivity contribution in [3.8, 4) is 0 Å². The summed E-state index contributed by atoms with van der Waals surface area (Å²) in [4.78, 5) is 19.3. The van der Waals surface area contributed by atoms with E-state index in [0.717, 1.165) is 5.56 Å². The lowest BCUT2D eigenvalue weighted by atomic mass is 10.1. The topological polar surface area (TPSA) is 54.9 Å². The van der Waals surface area contributed by atoms with Crippen LogP contribution in [0.15, 0.2) is 42.7 Å². The van der Waals surface area contributed by atoms with Crippen molar-refractivity contribution >= 4 is 5.91 Å². The van der Waals surface area contributed by atoms with E-state index in [1.807, 2.05) is 13.0 Å². The van der Waals surface area contributed by atoms with Crippen LogP contribution < -0.4 is 5.32 Å². The molecule has 1 N–H and O–H groups in total. The molecule has 0 saturated heterocycles. The molecule has 2 aromatic rings. The molecule has 0 bridgehead atoms. The van der Waals surface area contributed by atoms with Gasteiger partial charge >= 0.3 is 0 Å². The summed E-state index contributed by atoms with van der Waals surface area (Å²) in [5.41, 5.74) is 0.938. The Kier molecular flexibility index (Phi) is 3.62. The van der Waals surface area contributed by atoms with Crippen LogP contribution in [0.3, 0.4) is 0 Å². The van der Waals surface area contributed by atoms with Crippen molar-refractivity contribution in [2.24, 2.45) is 0 Å². The first-order chi connectivity index (χ1) is 8.66. The van der Waals surface area contributed by atoms with Gasteiger partial charge in [0.25, 0.3) is 5.91 Å². The van der Waals surface area contributed by atoms with Gasteiger partial charge in [0.1, 0.15) is 5.69 Å². The maximum absolute atomic E-state index is 12.9. The van der Waals surface area contributed by atoms with Crippen molar-refractivity contribution in [1.82, 2.24) is 15.3 Å². The molecular weight excluding hydrogens is 233 g/mol. The van der Waals surface area contributed by atoms with Gasteiger partial charge in [0.05, 0.1) is 6.04 Å². The predicted molar refractivity (Wildman–Crippen MR) is 64.3 cm³/mol. The summed E-state index contributed by atoms with van der Waals surface area (Å²) >= 11 is 0. The van der Waals surface area contributed by atoms with Gasteiger partial charge in [-0.3, -0.25) is 9.78 Å². The predicted octanol–water partition coefficient (Wildman–Crippen LogP) is 2.11. The number of pyridine rings is 2. The number of carbonyl (C=O) groups is 1. The van der Waals surface area contributed by atoms with Gasteiger partial charge in [0, 0.05) is 12.4 Å². The maximum Gasteiger partial charge on any atom is 0.270 e. The van der Waals surface area contributed by atoms with Gasteiger partial charge in [-0.25, -0.2) is 4.98 Å². The molecule has 5 heteroatoms. The van der Waals surface area contributed by atoms with E-state index in [1.54, 1.807) is 18.5 Å². The SMILES string of the molecule is CC(NC(=O)c1cccc(F)n1)c1cccnc1.